The van der Waals surface area contributed by atoms with Gasteiger partial charge in [0.1, 0.15) is 0 Å². The maximum atomic E-state index is 2.70. The van der Waals surface area contributed by atoms with Gasteiger partial charge in [-0.1, -0.05) is 71.8 Å². The maximum absolute atomic E-state index is 2.70. The molecular formula is C29H47K. The van der Waals surface area contributed by atoms with Gasteiger partial charge in [-0.2, -0.15) is 12.8 Å². The van der Waals surface area contributed by atoms with Gasteiger partial charge in [0.05, 0.1) is 0 Å². The molecule has 0 N–H and O–H groups in total. The zero-order valence-electron chi connectivity index (χ0n) is 21.2. The Morgan fingerprint density at radius 2 is 1.83 bits per heavy atom. The molecule has 164 valence electrons. The summed E-state index contributed by atoms with van der Waals surface area (Å²) in [6, 6.07) is 0. The Kier molecular flexibility index (Phi) is 8.72. The first kappa shape index (κ1) is 25.7. The third kappa shape index (κ3) is 4.43. The summed E-state index contributed by atoms with van der Waals surface area (Å²) in [6.45, 7) is 15.0. The van der Waals surface area contributed by atoms with Crippen LogP contribution in [0.3, 0.4) is 0 Å². The Hall–Kier alpha value is 1.12. The summed E-state index contributed by atoms with van der Waals surface area (Å²) >= 11 is 0. The standard InChI is InChI=1S/C29H47.K/c1-7-22(20(2)3)12-11-21(4)25-15-16-26-24-14-13-23-10-8-9-18-28(23,5)27(24)17-19-29(25,26)6;/h8,11-13,20-22,24-27H,7,9-10,14-19H2,1-6H3;/q-1;+1/b12-11+;. The number of rotatable bonds is 5. The topological polar surface area (TPSA) is 0 Å². The van der Waals surface area contributed by atoms with Crippen LogP contribution >= 0.6 is 0 Å². The van der Waals surface area contributed by atoms with Crippen molar-refractivity contribution in [2.75, 3.05) is 0 Å². The van der Waals surface area contributed by atoms with Gasteiger partial charge in [0.15, 0.2) is 0 Å². The number of fused-ring (bicyclic) bond motifs is 5. The van der Waals surface area contributed by atoms with Gasteiger partial charge in [-0.25, -0.2) is 0 Å². The molecule has 0 aromatic rings. The van der Waals surface area contributed by atoms with Crippen molar-refractivity contribution in [2.45, 2.75) is 99.3 Å². The molecule has 0 amide bonds. The molecule has 30 heavy (non-hydrogen) atoms. The molecule has 0 heterocycles. The second kappa shape index (κ2) is 10.2. The molecule has 4 aliphatic carbocycles. The minimum absolute atomic E-state index is 0. The molecule has 4 aliphatic rings. The molecule has 0 aliphatic heterocycles. The van der Waals surface area contributed by atoms with Crippen molar-refractivity contribution in [3.05, 3.63) is 30.2 Å². The van der Waals surface area contributed by atoms with E-state index in [1.165, 1.54) is 57.8 Å². The van der Waals surface area contributed by atoms with E-state index < -0.39 is 0 Å². The summed E-state index contributed by atoms with van der Waals surface area (Å²) in [4.78, 5) is 0. The normalized spacial score (nSPS) is 42.7. The van der Waals surface area contributed by atoms with Gasteiger partial charge in [0.25, 0.3) is 0 Å². The van der Waals surface area contributed by atoms with Crippen LogP contribution in [0.25, 0.3) is 0 Å². The van der Waals surface area contributed by atoms with Gasteiger partial charge in [0, 0.05) is 0 Å². The molecule has 8 atom stereocenters. The van der Waals surface area contributed by atoms with Gasteiger partial charge in [-0.3, -0.25) is 0 Å². The number of hydrogen-bond acceptors (Lipinski definition) is 0. The molecule has 0 aromatic carbocycles. The van der Waals surface area contributed by atoms with Crippen molar-refractivity contribution in [1.29, 1.82) is 0 Å². The van der Waals surface area contributed by atoms with Crippen molar-refractivity contribution in [1.82, 2.24) is 0 Å². The SMILES string of the molecule is CCC(/C=C/C(C)C1CCC2C3CC=C4C[CH-]CCC4(C)C3CCC12C)C(C)C.[K+]. The Labute approximate surface area is 230 Å². The largest absolute Gasteiger partial charge is 1.00 e. The van der Waals surface area contributed by atoms with Crippen molar-refractivity contribution < 1.29 is 51.4 Å². The van der Waals surface area contributed by atoms with Crippen LogP contribution in [0.1, 0.15) is 99.3 Å². The van der Waals surface area contributed by atoms with Crippen LogP contribution in [0.4, 0.5) is 0 Å². The third-order valence-electron chi connectivity index (χ3n) is 10.6. The van der Waals surface area contributed by atoms with Crippen molar-refractivity contribution >= 4 is 0 Å². The fraction of sp³-hybridized carbons (Fsp3) is 0.828. The molecular weight excluding hydrogens is 387 g/mol. The fourth-order valence-electron chi connectivity index (χ4n) is 8.66. The summed E-state index contributed by atoms with van der Waals surface area (Å²) in [5, 5.41) is 0. The zero-order valence-corrected chi connectivity index (χ0v) is 24.3. The van der Waals surface area contributed by atoms with Gasteiger partial charge in [-0.15, -0.1) is 0 Å². The van der Waals surface area contributed by atoms with Crippen LogP contribution in [-0.2, 0) is 0 Å². The molecule has 0 saturated heterocycles. The van der Waals surface area contributed by atoms with E-state index in [4.69, 9.17) is 0 Å². The molecule has 3 fully saturated rings. The molecule has 1 heteroatoms. The average molecular weight is 435 g/mol. The first-order valence-corrected chi connectivity index (χ1v) is 13.0. The molecule has 3 saturated carbocycles. The average Bonchev–Trinajstić information content (AvgIpc) is 3.05. The van der Waals surface area contributed by atoms with Crippen LogP contribution in [-0.4, -0.2) is 0 Å². The Morgan fingerprint density at radius 3 is 2.53 bits per heavy atom. The molecule has 0 aromatic heterocycles. The van der Waals surface area contributed by atoms with Crippen molar-refractivity contribution in [3.63, 3.8) is 0 Å². The van der Waals surface area contributed by atoms with E-state index in [2.05, 4.69) is 66.2 Å². The van der Waals surface area contributed by atoms with Crippen LogP contribution in [0.5, 0.6) is 0 Å². The van der Waals surface area contributed by atoms with Crippen LogP contribution < -0.4 is 51.4 Å². The van der Waals surface area contributed by atoms with Gasteiger partial charge in [-0.05, 0) is 90.8 Å². The number of allylic oxidation sites excluding steroid dienone is 4. The van der Waals surface area contributed by atoms with E-state index in [0.717, 1.165) is 41.4 Å². The maximum Gasteiger partial charge on any atom is 1.00 e. The Balaban J connectivity index is 0.00000256. The Morgan fingerprint density at radius 1 is 1.07 bits per heavy atom. The Bertz CT molecular complexity index is 645. The second-order valence-corrected chi connectivity index (χ2v) is 12.1. The van der Waals surface area contributed by atoms with E-state index >= 15 is 0 Å². The van der Waals surface area contributed by atoms with Crippen molar-refractivity contribution in [3.8, 4) is 0 Å². The summed E-state index contributed by atoms with van der Waals surface area (Å²) in [7, 11) is 0. The van der Waals surface area contributed by atoms with E-state index in [1.807, 2.05) is 0 Å². The zero-order chi connectivity index (χ0) is 20.8. The quantitative estimate of drug-likeness (QED) is 0.298. The molecule has 0 spiro atoms. The molecule has 8 unspecified atom stereocenters. The summed E-state index contributed by atoms with van der Waals surface area (Å²) in [5.74, 6) is 6.04. The van der Waals surface area contributed by atoms with Crippen LogP contribution in [0, 0.1) is 58.7 Å². The predicted octanol–water partition coefficient (Wildman–Crippen LogP) is 5.65. The first-order valence-electron chi connectivity index (χ1n) is 13.0. The smallest absolute Gasteiger partial charge is 0.325 e. The second-order valence-electron chi connectivity index (χ2n) is 12.1. The third-order valence-corrected chi connectivity index (χ3v) is 10.6. The molecule has 4 rings (SSSR count). The van der Waals surface area contributed by atoms with E-state index in [0.29, 0.717) is 10.8 Å². The molecule has 0 bridgehead atoms. The monoisotopic (exact) mass is 434 g/mol. The van der Waals surface area contributed by atoms with E-state index in [9.17, 15) is 0 Å². The van der Waals surface area contributed by atoms with Crippen LogP contribution in [0.2, 0.25) is 0 Å². The molecule has 0 radical (unpaired) electrons. The van der Waals surface area contributed by atoms with Gasteiger partial charge < -0.3 is 6.42 Å². The molecule has 0 nitrogen and oxygen atoms in total. The summed E-state index contributed by atoms with van der Waals surface area (Å²) in [6.07, 6.45) is 23.1. The predicted molar refractivity (Wildman–Crippen MR) is 126 cm³/mol. The number of hydrogen-bond donors (Lipinski definition) is 0. The van der Waals surface area contributed by atoms with Crippen molar-refractivity contribution in [2.24, 2.45) is 52.3 Å². The summed E-state index contributed by atoms with van der Waals surface area (Å²) < 4.78 is 0. The van der Waals surface area contributed by atoms with Crippen LogP contribution in [0.15, 0.2) is 23.8 Å². The van der Waals surface area contributed by atoms with E-state index in [1.54, 1.807) is 5.57 Å². The fourth-order valence-corrected chi connectivity index (χ4v) is 8.66. The summed E-state index contributed by atoms with van der Waals surface area (Å²) in [5.41, 5.74) is 2.90. The van der Waals surface area contributed by atoms with Gasteiger partial charge >= 0.3 is 51.4 Å². The minimum Gasteiger partial charge on any atom is -0.325 e. The van der Waals surface area contributed by atoms with Gasteiger partial charge in [0.2, 0.25) is 0 Å². The van der Waals surface area contributed by atoms with E-state index in [-0.39, 0.29) is 51.4 Å². The minimum atomic E-state index is 0. The first-order chi connectivity index (χ1) is 13.8.